The van der Waals surface area contributed by atoms with E-state index in [1.54, 1.807) is 0 Å². The Morgan fingerprint density at radius 2 is 1.77 bits per heavy atom. The first-order chi connectivity index (χ1) is 12.3. The molecule has 0 saturated carbocycles. The van der Waals surface area contributed by atoms with Gasteiger partial charge in [0.2, 0.25) is 10.0 Å². The van der Waals surface area contributed by atoms with Gasteiger partial charge in [-0.15, -0.1) is 10.2 Å². The fraction of sp³-hybridized carbons (Fsp3) is 0.375. The second-order valence-corrected chi connectivity index (χ2v) is 8.46. The van der Waals surface area contributed by atoms with Crippen molar-refractivity contribution >= 4 is 33.3 Å². The van der Waals surface area contributed by atoms with E-state index >= 15 is 0 Å². The predicted octanol–water partition coefficient (Wildman–Crippen LogP) is 1.85. The molecule has 0 amide bonds. The summed E-state index contributed by atoms with van der Waals surface area (Å²) in [5.74, 6) is 0.816. The van der Waals surface area contributed by atoms with Crippen molar-refractivity contribution in [3.63, 3.8) is 0 Å². The standard InChI is InChI=1S/C16H19ClFN5O2S/c1-21(2)15-5-6-16(20-19-15)22-7-9-23(10-8-22)26(24,25)12-3-4-14(18)13(17)11-12/h3-6,11H,7-10H2,1-2H3. The van der Waals surface area contributed by atoms with Crippen molar-refractivity contribution in [1.82, 2.24) is 14.5 Å². The van der Waals surface area contributed by atoms with Crippen LogP contribution in [0.15, 0.2) is 35.2 Å². The molecule has 2 aromatic rings. The van der Waals surface area contributed by atoms with Gasteiger partial charge in [0, 0.05) is 40.3 Å². The van der Waals surface area contributed by atoms with Crippen molar-refractivity contribution in [1.29, 1.82) is 0 Å². The fourth-order valence-electron chi connectivity index (χ4n) is 2.67. The monoisotopic (exact) mass is 399 g/mol. The third kappa shape index (κ3) is 3.74. The summed E-state index contributed by atoms with van der Waals surface area (Å²) in [6.07, 6.45) is 0. The Kier molecular flexibility index (Phi) is 5.31. The van der Waals surface area contributed by atoms with Gasteiger partial charge in [-0.25, -0.2) is 12.8 Å². The number of anilines is 2. The SMILES string of the molecule is CN(C)c1ccc(N2CCN(S(=O)(=O)c3ccc(F)c(Cl)c3)CC2)nn1. The minimum absolute atomic E-state index is 0.00697. The number of aromatic nitrogens is 2. The van der Waals surface area contributed by atoms with E-state index in [0.717, 1.165) is 18.0 Å². The van der Waals surface area contributed by atoms with Gasteiger partial charge in [-0.1, -0.05) is 11.6 Å². The molecule has 0 aliphatic carbocycles. The summed E-state index contributed by atoms with van der Waals surface area (Å²) in [7, 11) is 0.0559. The average Bonchev–Trinajstić information content (AvgIpc) is 2.64. The van der Waals surface area contributed by atoms with E-state index < -0.39 is 15.8 Å². The minimum Gasteiger partial charge on any atom is -0.361 e. The van der Waals surface area contributed by atoms with E-state index in [-0.39, 0.29) is 9.92 Å². The maximum Gasteiger partial charge on any atom is 0.243 e. The third-order valence-electron chi connectivity index (χ3n) is 4.19. The number of halogens is 2. The van der Waals surface area contributed by atoms with Gasteiger partial charge in [-0.2, -0.15) is 4.31 Å². The fourth-order valence-corrected chi connectivity index (χ4v) is 4.36. The van der Waals surface area contributed by atoms with Crippen LogP contribution >= 0.6 is 11.6 Å². The second kappa shape index (κ2) is 7.34. The molecule has 0 atom stereocenters. The Bertz CT molecular complexity index is 884. The summed E-state index contributed by atoms with van der Waals surface area (Å²) < 4.78 is 40.1. The Labute approximate surface area is 157 Å². The van der Waals surface area contributed by atoms with Crippen molar-refractivity contribution < 1.29 is 12.8 Å². The molecule has 7 nitrogen and oxygen atoms in total. The summed E-state index contributed by atoms with van der Waals surface area (Å²) in [6.45, 7) is 1.58. The van der Waals surface area contributed by atoms with Crippen molar-refractivity contribution in [2.75, 3.05) is 50.1 Å². The Hall–Kier alpha value is -1.97. The molecule has 3 rings (SSSR count). The number of nitrogens with zero attached hydrogens (tertiary/aromatic N) is 5. The molecule has 1 aromatic carbocycles. The third-order valence-corrected chi connectivity index (χ3v) is 6.37. The summed E-state index contributed by atoms with van der Waals surface area (Å²) >= 11 is 5.71. The molecule has 1 fully saturated rings. The van der Waals surface area contributed by atoms with E-state index in [4.69, 9.17) is 11.6 Å². The first-order valence-corrected chi connectivity index (χ1v) is 9.82. The van der Waals surface area contributed by atoms with Gasteiger partial charge in [0.1, 0.15) is 5.82 Å². The molecule has 2 heterocycles. The highest BCUT2D eigenvalue weighted by Gasteiger charge is 2.29. The minimum atomic E-state index is -3.71. The van der Waals surface area contributed by atoms with Gasteiger partial charge >= 0.3 is 0 Å². The van der Waals surface area contributed by atoms with Gasteiger partial charge in [0.05, 0.1) is 9.92 Å². The molecule has 1 aliphatic heterocycles. The van der Waals surface area contributed by atoms with Crippen LogP contribution in [-0.4, -0.2) is 63.2 Å². The molecule has 140 valence electrons. The Morgan fingerprint density at radius 1 is 1.08 bits per heavy atom. The van der Waals surface area contributed by atoms with Crippen LogP contribution in [0, 0.1) is 5.82 Å². The van der Waals surface area contributed by atoms with Crippen molar-refractivity contribution in [2.24, 2.45) is 0 Å². The first-order valence-electron chi connectivity index (χ1n) is 8.00. The van der Waals surface area contributed by atoms with Gasteiger partial charge in [0.25, 0.3) is 0 Å². The number of rotatable bonds is 4. The molecule has 0 radical (unpaired) electrons. The van der Waals surface area contributed by atoms with E-state index in [2.05, 4.69) is 10.2 Å². The molecular weight excluding hydrogens is 381 g/mol. The van der Waals surface area contributed by atoms with E-state index in [0.29, 0.717) is 32.0 Å². The number of sulfonamides is 1. The topological polar surface area (TPSA) is 69.6 Å². The van der Waals surface area contributed by atoms with Gasteiger partial charge < -0.3 is 9.80 Å². The van der Waals surface area contributed by atoms with Crippen LogP contribution in [0.1, 0.15) is 0 Å². The van der Waals surface area contributed by atoms with Crippen LogP contribution in [0.3, 0.4) is 0 Å². The van der Waals surface area contributed by atoms with E-state index in [1.165, 1.54) is 10.4 Å². The second-order valence-electron chi connectivity index (χ2n) is 6.11. The summed E-state index contributed by atoms with van der Waals surface area (Å²) in [5.41, 5.74) is 0. The van der Waals surface area contributed by atoms with Crippen LogP contribution < -0.4 is 9.80 Å². The highest BCUT2D eigenvalue weighted by molar-refractivity contribution is 7.89. The number of hydrogen-bond donors (Lipinski definition) is 0. The van der Waals surface area contributed by atoms with E-state index in [9.17, 15) is 12.8 Å². The summed E-state index contributed by atoms with van der Waals surface area (Å²) in [6, 6.07) is 7.17. The molecule has 1 aromatic heterocycles. The maximum atomic E-state index is 13.3. The zero-order valence-corrected chi connectivity index (χ0v) is 16.0. The van der Waals surface area contributed by atoms with Gasteiger partial charge in [-0.3, -0.25) is 0 Å². The van der Waals surface area contributed by atoms with Crippen molar-refractivity contribution in [3.05, 3.63) is 41.2 Å². The summed E-state index contributed by atoms with van der Waals surface area (Å²) in [5, 5.41) is 8.13. The molecule has 0 unspecified atom stereocenters. The predicted molar refractivity (Wildman–Crippen MR) is 98.7 cm³/mol. The van der Waals surface area contributed by atoms with Crippen LogP contribution in [-0.2, 0) is 10.0 Å². The molecular formula is C16H19ClFN5O2S. The lowest BCUT2D eigenvalue weighted by molar-refractivity contribution is 0.383. The van der Waals surface area contributed by atoms with Crippen LogP contribution in [0.25, 0.3) is 0 Å². The lowest BCUT2D eigenvalue weighted by Gasteiger charge is -2.34. The van der Waals surface area contributed by atoms with Crippen LogP contribution in [0.4, 0.5) is 16.0 Å². The van der Waals surface area contributed by atoms with Gasteiger partial charge in [-0.05, 0) is 30.3 Å². The van der Waals surface area contributed by atoms with Crippen molar-refractivity contribution in [3.8, 4) is 0 Å². The Morgan fingerprint density at radius 3 is 2.31 bits per heavy atom. The number of piperazine rings is 1. The Balaban J connectivity index is 1.70. The number of benzene rings is 1. The lowest BCUT2D eigenvalue weighted by Crippen LogP contribution is -2.49. The smallest absolute Gasteiger partial charge is 0.243 e. The highest BCUT2D eigenvalue weighted by atomic mass is 35.5. The molecule has 0 N–H and O–H groups in total. The van der Waals surface area contributed by atoms with E-state index in [1.807, 2.05) is 36.0 Å². The number of hydrogen-bond acceptors (Lipinski definition) is 6. The molecule has 26 heavy (non-hydrogen) atoms. The van der Waals surface area contributed by atoms with Crippen molar-refractivity contribution in [2.45, 2.75) is 4.90 Å². The molecule has 10 heteroatoms. The first kappa shape index (κ1) is 18.8. The molecule has 1 aliphatic rings. The van der Waals surface area contributed by atoms with Crippen LogP contribution in [0.5, 0.6) is 0 Å². The zero-order chi connectivity index (χ0) is 18.9. The lowest BCUT2D eigenvalue weighted by atomic mass is 10.3. The molecule has 0 bridgehead atoms. The largest absolute Gasteiger partial charge is 0.361 e. The molecule has 0 spiro atoms. The highest BCUT2D eigenvalue weighted by Crippen LogP contribution is 2.24. The van der Waals surface area contributed by atoms with Gasteiger partial charge in [0.15, 0.2) is 11.6 Å². The normalized spacial score (nSPS) is 15.9. The molecule has 1 saturated heterocycles. The maximum absolute atomic E-state index is 13.3. The average molecular weight is 400 g/mol. The van der Waals surface area contributed by atoms with Crippen LogP contribution in [0.2, 0.25) is 5.02 Å². The summed E-state index contributed by atoms with van der Waals surface area (Å²) in [4.78, 5) is 3.83. The quantitative estimate of drug-likeness (QED) is 0.781. The zero-order valence-electron chi connectivity index (χ0n) is 14.4.